The predicted octanol–water partition coefficient (Wildman–Crippen LogP) is -0.332. The molecule has 7 heteroatoms. The minimum atomic E-state index is 0.0367. The Morgan fingerprint density at radius 1 is 1.13 bits per heavy atom. The zero-order chi connectivity index (χ0) is 16.1. The number of aliphatic hydroxyl groups is 1. The Morgan fingerprint density at radius 3 is 2.48 bits per heavy atom. The summed E-state index contributed by atoms with van der Waals surface area (Å²) in [6, 6.07) is 3.78. The fraction of sp³-hybridized carbons (Fsp3) is 0.625. The highest BCUT2D eigenvalue weighted by molar-refractivity contribution is 5.94. The first-order valence-corrected chi connectivity index (χ1v) is 8.19. The molecule has 3 rings (SSSR count). The van der Waals surface area contributed by atoms with Gasteiger partial charge in [-0.2, -0.15) is 0 Å². The summed E-state index contributed by atoms with van der Waals surface area (Å²) in [5, 5.41) is 8.96. The summed E-state index contributed by atoms with van der Waals surface area (Å²) in [5.41, 5.74) is 0.637. The number of carbonyl (C=O) groups excluding carboxylic acids is 1. The van der Waals surface area contributed by atoms with E-state index in [2.05, 4.69) is 14.8 Å². The molecule has 0 saturated carbocycles. The first-order chi connectivity index (χ1) is 11.3. The van der Waals surface area contributed by atoms with Crippen LogP contribution in [0.3, 0.4) is 0 Å². The lowest BCUT2D eigenvalue weighted by Crippen LogP contribution is -2.49. The normalized spacial score (nSPS) is 19.9. The summed E-state index contributed by atoms with van der Waals surface area (Å²) in [6.07, 6.45) is 1.67. The van der Waals surface area contributed by atoms with E-state index in [-0.39, 0.29) is 12.5 Å². The molecule has 126 valence electrons. The summed E-state index contributed by atoms with van der Waals surface area (Å²) in [4.78, 5) is 23.2. The van der Waals surface area contributed by atoms with Crippen LogP contribution in [0.25, 0.3) is 0 Å². The van der Waals surface area contributed by atoms with Gasteiger partial charge in [0.2, 0.25) is 0 Å². The maximum absolute atomic E-state index is 12.5. The topological polar surface area (TPSA) is 69.1 Å². The van der Waals surface area contributed by atoms with Gasteiger partial charge in [-0.25, -0.2) is 4.98 Å². The average Bonchev–Trinajstić information content (AvgIpc) is 2.63. The van der Waals surface area contributed by atoms with E-state index in [1.165, 1.54) is 0 Å². The Kier molecular flexibility index (Phi) is 5.43. The molecule has 0 bridgehead atoms. The van der Waals surface area contributed by atoms with Crippen LogP contribution >= 0.6 is 0 Å². The molecule has 23 heavy (non-hydrogen) atoms. The van der Waals surface area contributed by atoms with Gasteiger partial charge in [0.1, 0.15) is 5.82 Å². The van der Waals surface area contributed by atoms with E-state index in [0.29, 0.717) is 25.2 Å². The largest absolute Gasteiger partial charge is 0.395 e. The number of amides is 1. The molecule has 0 aliphatic carbocycles. The molecule has 2 aliphatic rings. The van der Waals surface area contributed by atoms with Crippen molar-refractivity contribution in [2.75, 3.05) is 70.5 Å². The SMILES string of the molecule is O=C(c1ccc(N2CCOCC2)nc1)N1CCN(CCO)CC1. The van der Waals surface area contributed by atoms with Crippen LogP contribution in [-0.2, 0) is 4.74 Å². The van der Waals surface area contributed by atoms with Crippen molar-refractivity contribution in [1.29, 1.82) is 0 Å². The molecular weight excluding hydrogens is 296 g/mol. The first-order valence-electron chi connectivity index (χ1n) is 8.19. The molecule has 1 amide bonds. The third-order valence-corrected chi connectivity index (χ3v) is 4.41. The molecule has 3 heterocycles. The number of anilines is 1. The summed E-state index contributed by atoms with van der Waals surface area (Å²) in [6.45, 7) is 6.99. The number of aromatic nitrogens is 1. The van der Waals surface area contributed by atoms with Gasteiger partial charge in [0.05, 0.1) is 25.4 Å². The molecule has 2 saturated heterocycles. The summed E-state index contributed by atoms with van der Waals surface area (Å²) in [5.74, 6) is 0.937. The summed E-state index contributed by atoms with van der Waals surface area (Å²) in [7, 11) is 0. The zero-order valence-corrected chi connectivity index (χ0v) is 13.4. The summed E-state index contributed by atoms with van der Waals surface area (Å²) >= 11 is 0. The quantitative estimate of drug-likeness (QED) is 0.819. The highest BCUT2D eigenvalue weighted by atomic mass is 16.5. The molecule has 1 N–H and O–H groups in total. The molecule has 1 aromatic rings. The smallest absolute Gasteiger partial charge is 0.255 e. The molecule has 0 atom stereocenters. The third-order valence-electron chi connectivity index (χ3n) is 4.41. The molecule has 1 aromatic heterocycles. The van der Waals surface area contributed by atoms with E-state index < -0.39 is 0 Å². The minimum absolute atomic E-state index is 0.0367. The number of carbonyl (C=O) groups is 1. The first kappa shape index (κ1) is 16.2. The Balaban J connectivity index is 1.57. The van der Waals surface area contributed by atoms with Gasteiger partial charge in [0.15, 0.2) is 0 Å². The van der Waals surface area contributed by atoms with Gasteiger partial charge in [-0.1, -0.05) is 0 Å². The average molecular weight is 320 g/mol. The molecule has 0 aromatic carbocycles. The van der Waals surface area contributed by atoms with Gasteiger partial charge in [0, 0.05) is 52.0 Å². The van der Waals surface area contributed by atoms with E-state index in [1.54, 1.807) is 6.20 Å². The van der Waals surface area contributed by atoms with Crippen molar-refractivity contribution in [2.24, 2.45) is 0 Å². The zero-order valence-electron chi connectivity index (χ0n) is 13.4. The van der Waals surface area contributed by atoms with Crippen molar-refractivity contribution in [3.05, 3.63) is 23.9 Å². The maximum Gasteiger partial charge on any atom is 0.255 e. The van der Waals surface area contributed by atoms with Crippen LogP contribution in [0.2, 0.25) is 0 Å². The van der Waals surface area contributed by atoms with Gasteiger partial charge in [-0.05, 0) is 12.1 Å². The number of hydrogen-bond donors (Lipinski definition) is 1. The van der Waals surface area contributed by atoms with Crippen LogP contribution in [-0.4, -0.2) is 91.4 Å². The number of nitrogens with zero attached hydrogens (tertiary/aromatic N) is 4. The van der Waals surface area contributed by atoms with Crippen molar-refractivity contribution in [2.45, 2.75) is 0 Å². The van der Waals surface area contributed by atoms with E-state index in [9.17, 15) is 4.79 Å². The molecule has 7 nitrogen and oxygen atoms in total. The fourth-order valence-electron chi connectivity index (χ4n) is 2.99. The highest BCUT2D eigenvalue weighted by Gasteiger charge is 2.22. The predicted molar refractivity (Wildman–Crippen MR) is 86.7 cm³/mol. The molecule has 2 fully saturated rings. The van der Waals surface area contributed by atoms with Crippen LogP contribution in [0.15, 0.2) is 18.3 Å². The van der Waals surface area contributed by atoms with Crippen LogP contribution in [0.4, 0.5) is 5.82 Å². The number of morpholine rings is 1. The number of aliphatic hydroxyl groups excluding tert-OH is 1. The van der Waals surface area contributed by atoms with Crippen molar-refractivity contribution in [3.8, 4) is 0 Å². The minimum Gasteiger partial charge on any atom is -0.395 e. The third kappa shape index (κ3) is 3.99. The summed E-state index contributed by atoms with van der Waals surface area (Å²) < 4.78 is 5.34. The van der Waals surface area contributed by atoms with Gasteiger partial charge >= 0.3 is 0 Å². The highest BCUT2D eigenvalue weighted by Crippen LogP contribution is 2.15. The van der Waals surface area contributed by atoms with Gasteiger partial charge < -0.3 is 19.6 Å². The van der Waals surface area contributed by atoms with Crippen molar-refractivity contribution in [3.63, 3.8) is 0 Å². The number of ether oxygens (including phenoxy) is 1. The lowest BCUT2D eigenvalue weighted by molar-refractivity contribution is 0.0614. The van der Waals surface area contributed by atoms with E-state index in [1.807, 2.05) is 17.0 Å². The monoisotopic (exact) mass is 320 g/mol. The number of hydrogen-bond acceptors (Lipinski definition) is 6. The van der Waals surface area contributed by atoms with E-state index >= 15 is 0 Å². The van der Waals surface area contributed by atoms with Crippen LogP contribution < -0.4 is 4.90 Å². The van der Waals surface area contributed by atoms with Crippen LogP contribution in [0.1, 0.15) is 10.4 Å². The van der Waals surface area contributed by atoms with E-state index in [4.69, 9.17) is 9.84 Å². The molecule has 0 unspecified atom stereocenters. The number of β-amino-alcohol motifs (C(OH)–C–C–N with tert-alkyl or cyclic N) is 1. The fourth-order valence-corrected chi connectivity index (χ4v) is 2.99. The van der Waals surface area contributed by atoms with Crippen molar-refractivity contribution < 1.29 is 14.6 Å². The van der Waals surface area contributed by atoms with Gasteiger partial charge in [-0.15, -0.1) is 0 Å². The van der Waals surface area contributed by atoms with Gasteiger partial charge in [-0.3, -0.25) is 9.69 Å². The van der Waals surface area contributed by atoms with Crippen molar-refractivity contribution >= 4 is 11.7 Å². The Morgan fingerprint density at radius 2 is 1.87 bits per heavy atom. The number of rotatable bonds is 4. The molecule has 0 radical (unpaired) electrons. The Hall–Kier alpha value is -1.70. The van der Waals surface area contributed by atoms with Crippen LogP contribution in [0.5, 0.6) is 0 Å². The molecule has 0 spiro atoms. The molecule has 2 aliphatic heterocycles. The van der Waals surface area contributed by atoms with Crippen molar-refractivity contribution in [1.82, 2.24) is 14.8 Å². The number of pyridine rings is 1. The Bertz CT molecular complexity index is 509. The lowest BCUT2D eigenvalue weighted by Gasteiger charge is -2.34. The second-order valence-electron chi connectivity index (χ2n) is 5.86. The van der Waals surface area contributed by atoms with Gasteiger partial charge in [0.25, 0.3) is 5.91 Å². The lowest BCUT2D eigenvalue weighted by atomic mass is 10.2. The number of piperazine rings is 1. The van der Waals surface area contributed by atoms with E-state index in [0.717, 1.165) is 45.2 Å². The second kappa shape index (κ2) is 7.72. The maximum atomic E-state index is 12.5. The standard InChI is InChI=1S/C16H24N4O3/c21-10-7-18-3-5-20(6-4-18)16(22)14-1-2-15(17-13-14)19-8-11-23-12-9-19/h1-2,13,21H,3-12H2. The molecular formula is C16H24N4O3. The van der Waals surface area contributed by atoms with Crippen LogP contribution in [0, 0.1) is 0 Å². The second-order valence-corrected chi connectivity index (χ2v) is 5.86. The Labute approximate surface area is 136 Å².